The van der Waals surface area contributed by atoms with Gasteiger partial charge in [-0.1, -0.05) is 35.9 Å². The molecule has 2 N–H and O–H groups in total. The maximum atomic E-state index is 13.1. The SMILES string of the molecule is COC(=O)/C=C/c1cccc(/C(Nc2ccc(N(C)S(C)(=O)=O)cc2)=C2/C(=O)Nc3cc(Cl)ccc32)c1. The second-order valence-corrected chi connectivity index (χ2v) is 10.7. The van der Waals surface area contributed by atoms with Crippen LogP contribution < -0.4 is 14.9 Å². The number of methoxy groups -OCH3 is 1. The molecule has 3 aromatic rings. The summed E-state index contributed by atoms with van der Waals surface area (Å²) in [7, 11) is -0.632. The number of esters is 1. The van der Waals surface area contributed by atoms with Crippen LogP contribution in [0.15, 0.2) is 72.8 Å². The molecule has 1 aliphatic heterocycles. The molecule has 0 saturated carbocycles. The summed E-state index contributed by atoms with van der Waals surface area (Å²) < 4.78 is 29.6. The molecular weight excluding hydrogens is 514 g/mol. The molecule has 0 spiro atoms. The van der Waals surface area contributed by atoms with E-state index >= 15 is 0 Å². The second-order valence-electron chi connectivity index (χ2n) is 8.28. The van der Waals surface area contributed by atoms with Crippen molar-refractivity contribution in [2.75, 3.05) is 35.4 Å². The quantitative estimate of drug-likeness (QED) is 0.329. The van der Waals surface area contributed by atoms with E-state index in [-0.39, 0.29) is 5.91 Å². The van der Waals surface area contributed by atoms with Gasteiger partial charge >= 0.3 is 5.97 Å². The molecule has 0 radical (unpaired) electrons. The van der Waals surface area contributed by atoms with Crippen LogP contribution in [0.2, 0.25) is 5.02 Å². The Labute approximate surface area is 220 Å². The highest BCUT2D eigenvalue weighted by Gasteiger charge is 2.28. The zero-order chi connectivity index (χ0) is 26.7. The predicted molar refractivity (Wildman–Crippen MR) is 148 cm³/mol. The van der Waals surface area contributed by atoms with Crippen molar-refractivity contribution in [3.8, 4) is 0 Å². The predicted octanol–water partition coefficient (Wildman–Crippen LogP) is 4.85. The molecule has 1 aliphatic rings. The number of amides is 1. The molecule has 0 unspecified atom stereocenters. The Bertz CT molecular complexity index is 1550. The van der Waals surface area contributed by atoms with Gasteiger partial charge in [-0.2, -0.15) is 0 Å². The first-order valence-electron chi connectivity index (χ1n) is 11.1. The highest BCUT2D eigenvalue weighted by atomic mass is 35.5. The highest BCUT2D eigenvalue weighted by Crippen LogP contribution is 2.39. The molecule has 1 amide bonds. The minimum atomic E-state index is -3.41. The normalized spacial score (nSPS) is 14.2. The fraction of sp³-hybridized carbons (Fsp3) is 0.111. The third-order valence-electron chi connectivity index (χ3n) is 5.76. The van der Waals surface area contributed by atoms with Gasteiger partial charge in [0.25, 0.3) is 5.91 Å². The molecule has 0 saturated heterocycles. The van der Waals surface area contributed by atoms with Gasteiger partial charge in [-0.3, -0.25) is 9.10 Å². The van der Waals surface area contributed by atoms with Crippen LogP contribution in [0.4, 0.5) is 17.1 Å². The molecule has 0 atom stereocenters. The lowest BCUT2D eigenvalue weighted by Crippen LogP contribution is -2.24. The van der Waals surface area contributed by atoms with Gasteiger partial charge in [0, 0.05) is 29.4 Å². The van der Waals surface area contributed by atoms with E-state index in [2.05, 4.69) is 15.4 Å². The van der Waals surface area contributed by atoms with Crippen LogP contribution in [0.3, 0.4) is 0 Å². The maximum absolute atomic E-state index is 13.1. The average molecular weight is 538 g/mol. The first kappa shape index (κ1) is 26.0. The van der Waals surface area contributed by atoms with E-state index in [0.717, 1.165) is 11.8 Å². The number of nitrogens with one attached hydrogen (secondary N) is 2. The number of carbonyl (C=O) groups is 2. The van der Waals surface area contributed by atoms with Gasteiger partial charge in [0.2, 0.25) is 10.0 Å². The third kappa shape index (κ3) is 5.84. The van der Waals surface area contributed by atoms with E-state index < -0.39 is 16.0 Å². The Balaban J connectivity index is 1.81. The Morgan fingerprint density at radius 3 is 2.49 bits per heavy atom. The van der Waals surface area contributed by atoms with Crippen molar-refractivity contribution in [3.05, 3.63) is 94.5 Å². The number of hydrogen-bond donors (Lipinski definition) is 2. The third-order valence-corrected chi connectivity index (χ3v) is 7.20. The van der Waals surface area contributed by atoms with Gasteiger partial charge in [-0.15, -0.1) is 0 Å². The first-order valence-corrected chi connectivity index (χ1v) is 13.3. The van der Waals surface area contributed by atoms with Crippen molar-refractivity contribution < 1.29 is 22.7 Å². The molecule has 0 bridgehead atoms. The Morgan fingerprint density at radius 1 is 1.08 bits per heavy atom. The van der Waals surface area contributed by atoms with E-state index in [1.807, 2.05) is 24.3 Å². The lowest BCUT2D eigenvalue weighted by atomic mass is 9.98. The summed E-state index contributed by atoms with van der Waals surface area (Å²) in [6, 6.07) is 19.3. The van der Waals surface area contributed by atoms with E-state index in [4.69, 9.17) is 11.6 Å². The van der Waals surface area contributed by atoms with Crippen LogP contribution in [0, 0.1) is 0 Å². The molecule has 0 aliphatic carbocycles. The number of fused-ring (bicyclic) bond motifs is 1. The molecular formula is C27H24ClN3O5S. The van der Waals surface area contributed by atoms with Crippen molar-refractivity contribution in [1.82, 2.24) is 0 Å². The summed E-state index contributed by atoms with van der Waals surface area (Å²) in [5.74, 6) is -0.786. The monoisotopic (exact) mass is 537 g/mol. The van der Waals surface area contributed by atoms with Crippen molar-refractivity contribution in [2.45, 2.75) is 0 Å². The van der Waals surface area contributed by atoms with Gasteiger partial charge in [-0.05, 0) is 59.7 Å². The number of halogens is 1. The summed E-state index contributed by atoms with van der Waals surface area (Å²) in [5.41, 5.74) is 4.77. The van der Waals surface area contributed by atoms with Crippen LogP contribution >= 0.6 is 11.6 Å². The van der Waals surface area contributed by atoms with Gasteiger partial charge in [0.05, 0.1) is 36.0 Å². The van der Waals surface area contributed by atoms with E-state index in [1.54, 1.807) is 48.5 Å². The number of ether oxygens (including phenoxy) is 1. The maximum Gasteiger partial charge on any atom is 0.330 e. The Morgan fingerprint density at radius 2 is 1.81 bits per heavy atom. The molecule has 1 heterocycles. The highest BCUT2D eigenvalue weighted by molar-refractivity contribution is 7.92. The zero-order valence-corrected chi connectivity index (χ0v) is 21.9. The van der Waals surface area contributed by atoms with Gasteiger partial charge in [-0.25, -0.2) is 13.2 Å². The molecule has 0 aromatic heterocycles. The summed E-state index contributed by atoms with van der Waals surface area (Å²) >= 11 is 6.14. The van der Waals surface area contributed by atoms with Gasteiger partial charge in [0.1, 0.15) is 0 Å². The lowest BCUT2D eigenvalue weighted by Gasteiger charge is -2.18. The van der Waals surface area contributed by atoms with E-state index in [0.29, 0.717) is 44.5 Å². The molecule has 3 aromatic carbocycles. The largest absolute Gasteiger partial charge is 0.466 e. The number of hydrogen-bond acceptors (Lipinski definition) is 6. The number of sulfonamides is 1. The van der Waals surface area contributed by atoms with Crippen molar-refractivity contribution >= 4 is 67.9 Å². The summed E-state index contributed by atoms with van der Waals surface area (Å²) in [5, 5.41) is 6.69. The lowest BCUT2D eigenvalue weighted by molar-refractivity contribution is -0.134. The van der Waals surface area contributed by atoms with Gasteiger partial charge in [0.15, 0.2) is 0 Å². The number of nitrogens with zero attached hydrogens (tertiary/aromatic N) is 1. The molecule has 4 rings (SSSR count). The van der Waals surface area contributed by atoms with Crippen LogP contribution in [-0.4, -0.2) is 40.7 Å². The minimum Gasteiger partial charge on any atom is -0.466 e. The molecule has 8 nitrogen and oxygen atoms in total. The molecule has 190 valence electrons. The summed E-state index contributed by atoms with van der Waals surface area (Å²) in [4.78, 5) is 24.7. The average Bonchev–Trinajstić information content (AvgIpc) is 3.19. The summed E-state index contributed by atoms with van der Waals surface area (Å²) in [6.07, 6.45) is 4.07. The first-order chi connectivity index (χ1) is 17.6. The number of carbonyl (C=O) groups excluding carboxylic acids is 2. The minimum absolute atomic E-state index is 0.302. The van der Waals surface area contributed by atoms with E-state index in [1.165, 1.54) is 24.5 Å². The molecule has 37 heavy (non-hydrogen) atoms. The Kier molecular flexibility index (Phi) is 7.37. The smallest absolute Gasteiger partial charge is 0.330 e. The van der Waals surface area contributed by atoms with Crippen molar-refractivity contribution in [2.24, 2.45) is 0 Å². The molecule has 10 heteroatoms. The topological polar surface area (TPSA) is 105 Å². The Hall–Kier alpha value is -4.08. The number of rotatable bonds is 7. The van der Waals surface area contributed by atoms with Crippen LogP contribution in [0.5, 0.6) is 0 Å². The second kappa shape index (κ2) is 10.5. The molecule has 0 fully saturated rings. The van der Waals surface area contributed by atoms with Crippen LogP contribution in [0.25, 0.3) is 17.3 Å². The van der Waals surface area contributed by atoms with Crippen molar-refractivity contribution in [3.63, 3.8) is 0 Å². The van der Waals surface area contributed by atoms with Crippen LogP contribution in [-0.2, 0) is 24.3 Å². The summed E-state index contributed by atoms with van der Waals surface area (Å²) in [6.45, 7) is 0. The fourth-order valence-corrected chi connectivity index (χ4v) is 4.47. The van der Waals surface area contributed by atoms with Crippen LogP contribution in [0.1, 0.15) is 16.7 Å². The fourth-order valence-electron chi connectivity index (χ4n) is 3.79. The van der Waals surface area contributed by atoms with Gasteiger partial charge < -0.3 is 15.4 Å². The van der Waals surface area contributed by atoms with Crippen molar-refractivity contribution in [1.29, 1.82) is 0 Å². The standard InChI is InChI=1S/C27H24ClN3O5S/c1-31(37(3,34)35)21-11-9-20(10-12-21)29-26(18-6-4-5-17(15-18)7-14-24(32)36-2)25-22-13-8-19(28)16-23(22)30-27(25)33/h4-16,29H,1-3H3,(H,30,33)/b14-7+,26-25-. The number of benzene rings is 3. The van der Waals surface area contributed by atoms with E-state index in [9.17, 15) is 18.0 Å². The number of anilines is 3. The zero-order valence-electron chi connectivity index (χ0n) is 20.3.